The maximum absolute atomic E-state index is 11.9. The van der Waals surface area contributed by atoms with Crippen LogP contribution in [0.2, 0.25) is 0 Å². The lowest BCUT2D eigenvalue weighted by atomic mass is 9.72. The van der Waals surface area contributed by atoms with E-state index in [0.717, 1.165) is 0 Å². The van der Waals surface area contributed by atoms with Crippen LogP contribution in [-0.2, 0) is 14.3 Å². The number of rotatable bonds is 1. The van der Waals surface area contributed by atoms with Crippen LogP contribution >= 0.6 is 0 Å². The quantitative estimate of drug-likeness (QED) is 0.546. The Balaban J connectivity index is 2.78. The maximum Gasteiger partial charge on any atom is 0.410 e. The van der Waals surface area contributed by atoms with E-state index in [1.807, 2.05) is 0 Å². The van der Waals surface area contributed by atoms with E-state index in [0.29, 0.717) is 0 Å². The zero-order valence-corrected chi connectivity index (χ0v) is 11.8. The first-order chi connectivity index (χ1) is 8.54. The number of likely N-dealkylation sites (tertiary alicyclic amines) is 1. The normalized spacial score (nSPS) is 27.8. The number of ether oxygens (including phenoxy) is 2. The lowest BCUT2D eigenvalue weighted by Gasteiger charge is -2.41. The second kappa shape index (κ2) is 5.40. The fourth-order valence-corrected chi connectivity index (χ4v) is 2.01. The minimum atomic E-state index is -1.62. The van der Waals surface area contributed by atoms with Gasteiger partial charge in [-0.3, -0.25) is 4.79 Å². The summed E-state index contributed by atoms with van der Waals surface area (Å²) < 4.78 is 9.83. The van der Waals surface area contributed by atoms with Crippen LogP contribution in [0.1, 0.15) is 27.2 Å². The molecule has 2 radical (unpaired) electrons. The summed E-state index contributed by atoms with van der Waals surface area (Å²) in [5.41, 5.74) is -2.27. The van der Waals surface area contributed by atoms with Crippen LogP contribution in [0.4, 0.5) is 4.79 Å². The van der Waals surface area contributed by atoms with Crippen LogP contribution in [0, 0.1) is 5.92 Å². The maximum atomic E-state index is 11.9. The Morgan fingerprint density at radius 3 is 2.47 bits per heavy atom. The standard InChI is InChI=1S/C12H20BNO5/c1-11(2,3)19-10(16)14-6-8(9(15)18-4)5-12(13,17)7-14/h8,17H,5-7H2,1-4H3. The summed E-state index contributed by atoms with van der Waals surface area (Å²) >= 11 is 0. The molecule has 0 bridgehead atoms. The van der Waals surface area contributed by atoms with E-state index in [9.17, 15) is 14.7 Å². The van der Waals surface area contributed by atoms with E-state index in [-0.39, 0.29) is 19.5 Å². The molecule has 7 heteroatoms. The summed E-state index contributed by atoms with van der Waals surface area (Å²) in [4.78, 5) is 24.7. The van der Waals surface area contributed by atoms with Crippen molar-refractivity contribution in [2.24, 2.45) is 5.92 Å². The molecule has 19 heavy (non-hydrogen) atoms. The predicted molar refractivity (Wildman–Crippen MR) is 68.6 cm³/mol. The van der Waals surface area contributed by atoms with Crippen molar-refractivity contribution in [2.45, 2.75) is 38.3 Å². The van der Waals surface area contributed by atoms with E-state index in [2.05, 4.69) is 4.74 Å². The first-order valence-corrected chi connectivity index (χ1v) is 6.11. The number of methoxy groups -OCH3 is 1. The van der Waals surface area contributed by atoms with Gasteiger partial charge in [-0.1, -0.05) is 0 Å². The van der Waals surface area contributed by atoms with E-state index in [1.54, 1.807) is 20.8 Å². The number of amides is 1. The predicted octanol–water partition coefficient (Wildman–Crippen LogP) is 0.273. The number of hydrogen-bond donors (Lipinski definition) is 1. The molecule has 0 aromatic carbocycles. The fraction of sp³-hybridized carbons (Fsp3) is 0.833. The molecule has 0 spiro atoms. The van der Waals surface area contributed by atoms with Crippen molar-refractivity contribution in [3.8, 4) is 0 Å². The molecule has 1 amide bonds. The zero-order chi connectivity index (χ0) is 14.8. The summed E-state index contributed by atoms with van der Waals surface area (Å²) in [6, 6.07) is 0. The second-order valence-electron chi connectivity index (χ2n) is 5.89. The van der Waals surface area contributed by atoms with Gasteiger partial charge >= 0.3 is 12.1 Å². The lowest BCUT2D eigenvalue weighted by Crippen LogP contribution is -2.56. The molecule has 0 aliphatic carbocycles. The number of esters is 1. The van der Waals surface area contributed by atoms with Gasteiger partial charge in [0.25, 0.3) is 0 Å². The first-order valence-electron chi connectivity index (χ1n) is 6.11. The number of hydrogen-bond acceptors (Lipinski definition) is 5. The van der Waals surface area contributed by atoms with Crippen LogP contribution < -0.4 is 0 Å². The summed E-state index contributed by atoms with van der Waals surface area (Å²) in [5.74, 6) is -1.15. The van der Waals surface area contributed by atoms with Gasteiger partial charge in [-0.25, -0.2) is 4.79 Å². The highest BCUT2D eigenvalue weighted by atomic mass is 16.6. The lowest BCUT2D eigenvalue weighted by molar-refractivity contribution is -0.149. The third-order valence-electron chi connectivity index (χ3n) is 2.69. The highest BCUT2D eigenvalue weighted by Gasteiger charge is 2.40. The molecule has 6 nitrogen and oxygen atoms in total. The molecular formula is C12H20BNO5. The summed E-state index contributed by atoms with van der Waals surface area (Å²) in [5, 5.41) is 9.93. The molecule has 1 fully saturated rings. The highest BCUT2D eigenvalue weighted by Crippen LogP contribution is 2.25. The molecule has 1 saturated heterocycles. The van der Waals surface area contributed by atoms with Gasteiger partial charge in [0.15, 0.2) is 0 Å². The van der Waals surface area contributed by atoms with Crippen molar-refractivity contribution in [3.05, 3.63) is 0 Å². The third kappa shape index (κ3) is 4.74. The first kappa shape index (κ1) is 15.8. The number of piperidine rings is 1. The molecular weight excluding hydrogens is 249 g/mol. The zero-order valence-electron chi connectivity index (χ0n) is 11.8. The molecule has 2 atom stereocenters. The Kier molecular flexibility index (Phi) is 4.50. The van der Waals surface area contributed by atoms with E-state index in [4.69, 9.17) is 12.6 Å². The van der Waals surface area contributed by atoms with Crippen LogP contribution in [0.15, 0.2) is 0 Å². The number of β-amino-alcohol motifs (C(OH)–C–C–N with tert-alkyl or cyclic N) is 1. The van der Waals surface area contributed by atoms with Gasteiger partial charge in [0.05, 0.1) is 13.0 Å². The summed E-state index contributed by atoms with van der Waals surface area (Å²) in [6.45, 7) is 5.26. The minimum absolute atomic E-state index is 0.0545. The smallest absolute Gasteiger partial charge is 0.410 e. The number of nitrogens with zero attached hydrogens (tertiary/aromatic N) is 1. The Morgan fingerprint density at radius 2 is 2.00 bits per heavy atom. The van der Waals surface area contributed by atoms with Crippen LogP contribution in [0.5, 0.6) is 0 Å². The topological polar surface area (TPSA) is 76.1 Å². The molecule has 0 saturated carbocycles. The third-order valence-corrected chi connectivity index (χ3v) is 2.69. The molecule has 1 heterocycles. The summed E-state index contributed by atoms with van der Waals surface area (Å²) in [7, 11) is 6.91. The largest absolute Gasteiger partial charge is 0.469 e. The summed E-state index contributed by atoms with van der Waals surface area (Å²) in [6.07, 6.45) is -0.552. The van der Waals surface area contributed by atoms with Crippen molar-refractivity contribution in [1.29, 1.82) is 0 Å². The van der Waals surface area contributed by atoms with Gasteiger partial charge < -0.3 is 19.5 Å². The van der Waals surface area contributed by atoms with Gasteiger partial charge in [-0.15, -0.1) is 0 Å². The second-order valence-corrected chi connectivity index (χ2v) is 5.89. The number of aliphatic hydroxyl groups is 1. The van der Waals surface area contributed by atoms with Gasteiger partial charge in [-0.2, -0.15) is 0 Å². The van der Waals surface area contributed by atoms with Gasteiger partial charge in [0.1, 0.15) is 13.4 Å². The van der Waals surface area contributed by atoms with Crippen molar-refractivity contribution < 1.29 is 24.2 Å². The average Bonchev–Trinajstić information content (AvgIpc) is 2.23. The van der Waals surface area contributed by atoms with E-state index < -0.39 is 29.1 Å². The SMILES string of the molecule is [B]C1(O)CC(C(=O)OC)CN(C(=O)OC(C)(C)C)C1. The van der Waals surface area contributed by atoms with Crippen molar-refractivity contribution >= 4 is 19.9 Å². The van der Waals surface area contributed by atoms with Gasteiger partial charge in [0, 0.05) is 18.6 Å². The monoisotopic (exact) mass is 269 g/mol. The molecule has 106 valence electrons. The molecule has 2 unspecified atom stereocenters. The van der Waals surface area contributed by atoms with Crippen molar-refractivity contribution in [1.82, 2.24) is 4.90 Å². The van der Waals surface area contributed by atoms with Crippen LogP contribution in [0.25, 0.3) is 0 Å². The van der Waals surface area contributed by atoms with Crippen LogP contribution in [0.3, 0.4) is 0 Å². The molecule has 1 N–H and O–H groups in total. The number of carbonyl (C=O) groups excluding carboxylic acids is 2. The molecule has 0 aromatic rings. The molecule has 1 aliphatic rings. The minimum Gasteiger partial charge on any atom is -0.469 e. The molecule has 1 aliphatic heterocycles. The molecule has 0 aromatic heterocycles. The van der Waals surface area contributed by atoms with E-state index in [1.165, 1.54) is 12.0 Å². The fourth-order valence-electron chi connectivity index (χ4n) is 2.01. The van der Waals surface area contributed by atoms with Crippen molar-refractivity contribution in [2.75, 3.05) is 20.2 Å². The van der Waals surface area contributed by atoms with Crippen molar-refractivity contribution in [3.63, 3.8) is 0 Å². The Hall–Kier alpha value is -1.24. The Morgan fingerprint density at radius 1 is 1.42 bits per heavy atom. The Labute approximate surface area is 114 Å². The number of carbonyl (C=O) groups is 2. The van der Waals surface area contributed by atoms with Gasteiger partial charge in [0.2, 0.25) is 0 Å². The van der Waals surface area contributed by atoms with Gasteiger partial charge in [-0.05, 0) is 27.2 Å². The molecule has 1 rings (SSSR count). The van der Waals surface area contributed by atoms with E-state index >= 15 is 0 Å². The highest BCUT2D eigenvalue weighted by molar-refractivity contribution is 6.14. The average molecular weight is 269 g/mol. The van der Waals surface area contributed by atoms with Crippen LogP contribution in [-0.4, -0.2) is 61.2 Å². The Bertz CT molecular complexity index is 364.